The molecule has 1 rings (SSSR count). The van der Waals surface area contributed by atoms with Gasteiger partial charge in [-0.05, 0) is 24.2 Å². The second kappa shape index (κ2) is 5.38. The van der Waals surface area contributed by atoms with E-state index in [1.165, 1.54) is 0 Å². The van der Waals surface area contributed by atoms with Crippen molar-refractivity contribution in [3.8, 4) is 0 Å². The number of rotatable bonds is 4. The molecule has 1 aliphatic heterocycles. The van der Waals surface area contributed by atoms with E-state index in [2.05, 4.69) is 46.9 Å². The molecule has 0 saturated carbocycles. The smallest absolute Gasteiger partial charge is 0.241 e. The van der Waals surface area contributed by atoms with Gasteiger partial charge in [0.1, 0.15) is 0 Å². The summed E-state index contributed by atoms with van der Waals surface area (Å²) in [4.78, 5) is 14.3. The van der Waals surface area contributed by atoms with Gasteiger partial charge in [-0.3, -0.25) is 10.1 Å². The SMILES string of the molecule is CCC1NC(C(C)C)N(CCC(C)(C)C)C1=O. The van der Waals surface area contributed by atoms with Crippen LogP contribution in [0.2, 0.25) is 0 Å². The van der Waals surface area contributed by atoms with E-state index in [0.29, 0.717) is 5.92 Å². The van der Waals surface area contributed by atoms with Crippen molar-refractivity contribution in [3.63, 3.8) is 0 Å². The summed E-state index contributed by atoms with van der Waals surface area (Å²) in [5, 5.41) is 3.45. The van der Waals surface area contributed by atoms with Gasteiger partial charge in [-0.2, -0.15) is 0 Å². The average molecular weight is 240 g/mol. The first-order chi connectivity index (χ1) is 7.76. The molecule has 1 fully saturated rings. The molecule has 0 aromatic heterocycles. The Bertz CT molecular complexity index is 268. The first-order valence-corrected chi connectivity index (χ1v) is 6.83. The van der Waals surface area contributed by atoms with Crippen molar-refractivity contribution in [2.75, 3.05) is 6.54 Å². The summed E-state index contributed by atoms with van der Waals surface area (Å²) in [6.07, 6.45) is 2.16. The Hall–Kier alpha value is -0.570. The van der Waals surface area contributed by atoms with E-state index in [1.807, 2.05) is 4.90 Å². The molecule has 0 bridgehead atoms. The highest BCUT2D eigenvalue weighted by Gasteiger charge is 2.39. The average Bonchev–Trinajstić information content (AvgIpc) is 2.51. The predicted octanol–water partition coefficient (Wildman–Crippen LogP) is 2.62. The summed E-state index contributed by atoms with van der Waals surface area (Å²) < 4.78 is 0. The number of amides is 1. The molecule has 0 aromatic carbocycles. The van der Waals surface area contributed by atoms with Gasteiger partial charge in [-0.25, -0.2) is 0 Å². The number of hydrogen-bond acceptors (Lipinski definition) is 2. The highest BCUT2D eigenvalue weighted by atomic mass is 16.2. The first-order valence-electron chi connectivity index (χ1n) is 6.83. The van der Waals surface area contributed by atoms with Gasteiger partial charge >= 0.3 is 0 Å². The highest BCUT2D eigenvalue weighted by Crippen LogP contribution is 2.24. The lowest BCUT2D eigenvalue weighted by Gasteiger charge is -2.30. The maximum Gasteiger partial charge on any atom is 0.241 e. The van der Waals surface area contributed by atoms with Crippen molar-refractivity contribution in [2.24, 2.45) is 11.3 Å². The van der Waals surface area contributed by atoms with Gasteiger partial charge in [0.15, 0.2) is 0 Å². The Balaban J connectivity index is 2.68. The molecule has 3 nitrogen and oxygen atoms in total. The van der Waals surface area contributed by atoms with Crippen LogP contribution in [0.1, 0.15) is 54.4 Å². The Labute approximate surface area is 106 Å². The Morgan fingerprint density at radius 1 is 1.35 bits per heavy atom. The predicted molar refractivity (Wildman–Crippen MR) is 71.6 cm³/mol. The van der Waals surface area contributed by atoms with Gasteiger partial charge in [-0.1, -0.05) is 41.5 Å². The quantitative estimate of drug-likeness (QED) is 0.819. The molecule has 0 aromatic rings. The summed E-state index contributed by atoms with van der Waals surface area (Å²) in [6, 6.07) is 0.0300. The van der Waals surface area contributed by atoms with Crippen molar-refractivity contribution < 1.29 is 4.79 Å². The van der Waals surface area contributed by atoms with E-state index in [-0.39, 0.29) is 23.5 Å². The Morgan fingerprint density at radius 2 is 1.94 bits per heavy atom. The van der Waals surface area contributed by atoms with Crippen LogP contribution in [0.15, 0.2) is 0 Å². The third-order valence-corrected chi connectivity index (χ3v) is 3.43. The molecule has 1 saturated heterocycles. The molecule has 1 heterocycles. The van der Waals surface area contributed by atoms with Crippen molar-refractivity contribution >= 4 is 5.91 Å². The normalized spacial score (nSPS) is 26.1. The van der Waals surface area contributed by atoms with Crippen LogP contribution in [0, 0.1) is 11.3 Å². The summed E-state index contributed by atoms with van der Waals surface area (Å²) in [5.74, 6) is 0.755. The Kier molecular flexibility index (Phi) is 4.59. The van der Waals surface area contributed by atoms with Gasteiger partial charge in [0.25, 0.3) is 0 Å². The lowest BCUT2D eigenvalue weighted by atomic mass is 9.92. The van der Waals surface area contributed by atoms with E-state index in [1.54, 1.807) is 0 Å². The lowest BCUT2D eigenvalue weighted by molar-refractivity contribution is -0.130. The maximum atomic E-state index is 12.2. The molecule has 3 heteroatoms. The zero-order valence-corrected chi connectivity index (χ0v) is 12.2. The summed E-state index contributed by atoms with van der Waals surface area (Å²) in [6.45, 7) is 14.0. The van der Waals surface area contributed by atoms with Crippen LogP contribution in [0.25, 0.3) is 0 Å². The van der Waals surface area contributed by atoms with Crippen LogP contribution in [0.4, 0.5) is 0 Å². The van der Waals surface area contributed by atoms with Crippen LogP contribution >= 0.6 is 0 Å². The topological polar surface area (TPSA) is 32.3 Å². The molecular formula is C14H28N2O. The molecule has 1 amide bonds. The minimum absolute atomic E-state index is 0.0300. The van der Waals surface area contributed by atoms with Crippen LogP contribution in [-0.4, -0.2) is 29.6 Å². The second-order valence-electron chi connectivity index (χ2n) is 6.66. The monoisotopic (exact) mass is 240 g/mol. The summed E-state index contributed by atoms with van der Waals surface area (Å²) in [7, 11) is 0. The third kappa shape index (κ3) is 3.70. The highest BCUT2D eigenvalue weighted by molar-refractivity contribution is 5.84. The van der Waals surface area contributed by atoms with Crippen molar-refractivity contribution in [1.82, 2.24) is 10.2 Å². The molecule has 1 aliphatic rings. The molecular weight excluding hydrogens is 212 g/mol. The van der Waals surface area contributed by atoms with Gasteiger partial charge < -0.3 is 4.90 Å². The fourth-order valence-electron chi connectivity index (χ4n) is 2.25. The van der Waals surface area contributed by atoms with Crippen LogP contribution in [0.3, 0.4) is 0 Å². The van der Waals surface area contributed by atoms with Gasteiger partial charge in [0, 0.05) is 6.54 Å². The molecule has 1 N–H and O–H groups in total. The zero-order chi connectivity index (χ0) is 13.2. The number of carbonyl (C=O) groups is 1. The van der Waals surface area contributed by atoms with Gasteiger partial charge in [0.05, 0.1) is 12.2 Å². The van der Waals surface area contributed by atoms with Crippen molar-refractivity contribution in [3.05, 3.63) is 0 Å². The lowest BCUT2D eigenvalue weighted by Crippen LogP contribution is -2.42. The standard InChI is InChI=1S/C14H28N2O/c1-7-11-13(17)16(9-8-14(4,5)6)12(15-11)10(2)3/h10-12,15H,7-9H2,1-6H3. The van der Waals surface area contributed by atoms with E-state index in [0.717, 1.165) is 19.4 Å². The number of carbonyl (C=O) groups excluding carboxylic acids is 1. The maximum absolute atomic E-state index is 12.2. The van der Waals surface area contributed by atoms with E-state index in [4.69, 9.17) is 0 Å². The molecule has 0 radical (unpaired) electrons. The van der Waals surface area contributed by atoms with Gasteiger partial charge in [0.2, 0.25) is 5.91 Å². The molecule has 2 unspecified atom stereocenters. The van der Waals surface area contributed by atoms with Crippen molar-refractivity contribution in [2.45, 2.75) is 66.6 Å². The van der Waals surface area contributed by atoms with Crippen LogP contribution in [-0.2, 0) is 4.79 Å². The molecule has 0 spiro atoms. The van der Waals surface area contributed by atoms with Crippen molar-refractivity contribution in [1.29, 1.82) is 0 Å². The fraction of sp³-hybridized carbons (Fsp3) is 0.929. The Morgan fingerprint density at radius 3 is 2.35 bits per heavy atom. The van der Waals surface area contributed by atoms with E-state index < -0.39 is 0 Å². The minimum Gasteiger partial charge on any atom is -0.326 e. The van der Waals surface area contributed by atoms with E-state index >= 15 is 0 Å². The molecule has 100 valence electrons. The number of hydrogen-bond donors (Lipinski definition) is 1. The zero-order valence-electron chi connectivity index (χ0n) is 12.2. The van der Waals surface area contributed by atoms with Crippen LogP contribution < -0.4 is 5.32 Å². The molecule has 17 heavy (non-hydrogen) atoms. The summed E-state index contributed by atoms with van der Waals surface area (Å²) in [5.41, 5.74) is 0.284. The number of nitrogens with one attached hydrogen (secondary N) is 1. The molecule has 2 atom stereocenters. The van der Waals surface area contributed by atoms with Crippen LogP contribution in [0.5, 0.6) is 0 Å². The second-order valence-corrected chi connectivity index (χ2v) is 6.66. The number of nitrogens with zero attached hydrogens (tertiary/aromatic N) is 1. The largest absolute Gasteiger partial charge is 0.326 e. The summed E-state index contributed by atoms with van der Waals surface area (Å²) >= 11 is 0. The molecule has 0 aliphatic carbocycles. The fourth-order valence-corrected chi connectivity index (χ4v) is 2.25. The third-order valence-electron chi connectivity index (χ3n) is 3.43. The first kappa shape index (κ1) is 14.5. The van der Waals surface area contributed by atoms with Gasteiger partial charge in [-0.15, -0.1) is 0 Å². The minimum atomic E-state index is 0.0300. The van der Waals surface area contributed by atoms with E-state index in [9.17, 15) is 4.79 Å².